The summed E-state index contributed by atoms with van der Waals surface area (Å²) in [6.07, 6.45) is 7.64. The van der Waals surface area contributed by atoms with Crippen LogP contribution in [0.4, 0.5) is 0 Å². The highest BCUT2D eigenvalue weighted by molar-refractivity contribution is 5.15. The van der Waals surface area contributed by atoms with Crippen LogP contribution < -0.4 is 5.73 Å². The molecule has 104 valence electrons. The maximum Gasteiger partial charge on any atom is 0.0116 e. The number of hydrogen-bond acceptors (Lipinski definition) is 2. The van der Waals surface area contributed by atoms with Gasteiger partial charge in [0.2, 0.25) is 0 Å². The summed E-state index contributed by atoms with van der Waals surface area (Å²) in [7, 11) is 0. The summed E-state index contributed by atoms with van der Waals surface area (Å²) in [6, 6.07) is 13.5. The first-order valence-corrected chi connectivity index (χ1v) is 7.81. The monoisotopic (exact) mass is 258 g/mol. The topological polar surface area (TPSA) is 29.3 Å². The molecular weight excluding hydrogens is 232 g/mol. The molecule has 2 saturated heterocycles. The van der Waals surface area contributed by atoms with Crippen molar-refractivity contribution in [2.75, 3.05) is 0 Å². The van der Waals surface area contributed by atoms with Gasteiger partial charge in [-0.1, -0.05) is 30.3 Å². The Bertz CT molecular complexity index is 389. The standard InChI is InChI=1S/C17H26N2/c1-13(7-8-14-5-3-2-4-6-14)19-16-9-10-17(19)12-15(18)11-16/h2-6,13,15-17H,7-12,18H2,1H3. The van der Waals surface area contributed by atoms with Gasteiger partial charge in [-0.2, -0.15) is 0 Å². The minimum atomic E-state index is 0.454. The van der Waals surface area contributed by atoms with Crippen LogP contribution in [0, 0.1) is 0 Å². The maximum atomic E-state index is 6.16. The highest BCUT2D eigenvalue weighted by atomic mass is 15.2. The van der Waals surface area contributed by atoms with E-state index in [4.69, 9.17) is 5.73 Å². The third-order valence-corrected chi connectivity index (χ3v) is 5.03. The predicted octanol–water partition coefficient (Wildman–Crippen LogP) is 2.96. The Kier molecular flexibility index (Phi) is 3.90. The molecule has 0 aliphatic carbocycles. The minimum absolute atomic E-state index is 0.454. The van der Waals surface area contributed by atoms with Gasteiger partial charge in [-0.15, -0.1) is 0 Å². The average Bonchev–Trinajstić information content (AvgIpc) is 2.70. The summed E-state index contributed by atoms with van der Waals surface area (Å²) >= 11 is 0. The van der Waals surface area contributed by atoms with E-state index in [9.17, 15) is 0 Å². The van der Waals surface area contributed by atoms with E-state index in [1.807, 2.05) is 0 Å². The number of benzene rings is 1. The molecular formula is C17H26N2. The molecule has 2 aliphatic rings. The first-order chi connectivity index (χ1) is 9.24. The van der Waals surface area contributed by atoms with Gasteiger partial charge in [0.15, 0.2) is 0 Å². The molecule has 1 aromatic carbocycles. The van der Waals surface area contributed by atoms with Gasteiger partial charge in [0.1, 0.15) is 0 Å². The van der Waals surface area contributed by atoms with Crippen LogP contribution >= 0.6 is 0 Å². The molecule has 0 radical (unpaired) electrons. The van der Waals surface area contributed by atoms with Crippen molar-refractivity contribution in [1.29, 1.82) is 0 Å². The number of piperidine rings is 1. The van der Waals surface area contributed by atoms with Crippen LogP contribution in [0.25, 0.3) is 0 Å². The van der Waals surface area contributed by atoms with Gasteiger partial charge in [-0.3, -0.25) is 4.90 Å². The molecule has 2 heterocycles. The quantitative estimate of drug-likeness (QED) is 0.899. The fraction of sp³-hybridized carbons (Fsp3) is 0.647. The molecule has 2 bridgehead atoms. The highest BCUT2D eigenvalue weighted by Crippen LogP contribution is 2.37. The smallest absolute Gasteiger partial charge is 0.0116 e. The van der Waals surface area contributed by atoms with Gasteiger partial charge >= 0.3 is 0 Å². The van der Waals surface area contributed by atoms with Crippen LogP contribution in [0.2, 0.25) is 0 Å². The number of fused-ring (bicyclic) bond motifs is 2. The summed E-state index contributed by atoms with van der Waals surface area (Å²) in [5.41, 5.74) is 7.62. The van der Waals surface area contributed by atoms with Gasteiger partial charge in [0, 0.05) is 24.2 Å². The number of aryl methyl sites for hydroxylation is 1. The molecule has 2 aliphatic heterocycles. The summed E-state index contributed by atoms with van der Waals surface area (Å²) in [5, 5.41) is 0. The molecule has 1 aromatic rings. The predicted molar refractivity (Wildman–Crippen MR) is 80.1 cm³/mol. The van der Waals surface area contributed by atoms with Crippen molar-refractivity contribution in [3.63, 3.8) is 0 Å². The lowest BCUT2D eigenvalue weighted by Crippen LogP contribution is -2.51. The van der Waals surface area contributed by atoms with E-state index < -0.39 is 0 Å². The van der Waals surface area contributed by atoms with Crippen LogP contribution in [-0.2, 0) is 6.42 Å². The van der Waals surface area contributed by atoms with E-state index >= 15 is 0 Å². The van der Waals surface area contributed by atoms with Gasteiger partial charge in [0.05, 0.1) is 0 Å². The van der Waals surface area contributed by atoms with E-state index in [0.717, 1.165) is 12.1 Å². The number of nitrogens with zero attached hydrogens (tertiary/aromatic N) is 1. The molecule has 2 fully saturated rings. The first kappa shape index (κ1) is 13.1. The molecule has 0 amide bonds. The van der Waals surface area contributed by atoms with Crippen LogP contribution in [0.1, 0.15) is 44.6 Å². The Morgan fingerprint density at radius 1 is 1.16 bits per heavy atom. The lowest BCUT2D eigenvalue weighted by Gasteiger charge is -2.41. The average molecular weight is 258 g/mol. The molecule has 2 N–H and O–H groups in total. The molecule has 0 spiro atoms. The molecule has 2 heteroatoms. The fourth-order valence-corrected chi connectivity index (χ4v) is 4.14. The maximum absolute atomic E-state index is 6.16. The Morgan fingerprint density at radius 3 is 2.42 bits per heavy atom. The van der Waals surface area contributed by atoms with Crippen molar-refractivity contribution in [1.82, 2.24) is 4.90 Å². The zero-order chi connectivity index (χ0) is 13.2. The summed E-state index contributed by atoms with van der Waals surface area (Å²) in [6.45, 7) is 2.41. The minimum Gasteiger partial charge on any atom is -0.328 e. The largest absolute Gasteiger partial charge is 0.328 e. The summed E-state index contributed by atoms with van der Waals surface area (Å²) < 4.78 is 0. The van der Waals surface area contributed by atoms with Crippen molar-refractivity contribution in [3.05, 3.63) is 35.9 Å². The molecule has 3 rings (SSSR count). The number of hydrogen-bond donors (Lipinski definition) is 1. The van der Waals surface area contributed by atoms with E-state index in [2.05, 4.69) is 42.2 Å². The highest BCUT2D eigenvalue weighted by Gasteiger charge is 2.41. The van der Waals surface area contributed by atoms with Gasteiger partial charge in [-0.25, -0.2) is 0 Å². The second kappa shape index (κ2) is 5.64. The third kappa shape index (κ3) is 2.85. The molecule has 3 atom stereocenters. The second-order valence-electron chi connectivity index (χ2n) is 6.44. The van der Waals surface area contributed by atoms with Gasteiger partial charge < -0.3 is 5.73 Å². The fourth-order valence-electron chi connectivity index (χ4n) is 4.14. The molecule has 0 saturated carbocycles. The Hall–Kier alpha value is -0.860. The van der Waals surface area contributed by atoms with Gasteiger partial charge in [-0.05, 0) is 51.0 Å². The molecule has 2 nitrogen and oxygen atoms in total. The van der Waals surface area contributed by atoms with Crippen LogP contribution in [0.15, 0.2) is 30.3 Å². The third-order valence-electron chi connectivity index (χ3n) is 5.03. The Morgan fingerprint density at radius 2 is 1.79 bits per heavy atom. The van der Waals surface area contributed by atoms with E-state index in [0.29, 0.717) is 12.1 Å². The lowest BCUT2D eigenvalue weighted by atomic mass is 9.94. The van der Waals surface area contributed by atoms with Crippen molar-refractivity contribution < 1.29 is 0 Å². The first-order valence-electron chi connectivity index (χ1n) is 7.81. The Labute approximate surface area is 117 Å². The summed E-state index contributed by atoms with van der Waals surface area (Å²) in [5.74, 6) is 0. The number of nitrogens with two attached hydrogens (primary N) is 1. The van der Waals surface area contributed by atoms with Crippen molar-refractivity contribution in [3.8, 4) is 0 Å². The van der Waals surface area contributed by atoms with Crippen molar-refractivity contribution in [2.45, 2.75) is 69.6 Å². The SMILES string of the molecule is CC(CCc1ccccc1)N1C2CCC1CC(N)C2. The summed E-state index contributed by atoms with van der Waals surface area (Å²) in [4.78, 5) is 2.78. The molecule has 3 unspecified atom stereocenters. The molecule has 19 heavy (non-hydrogen) atoms. The second-order valence-corrected chi connectivity index (χ2v) is 6.44. The zero-order valence-corrected chi connectivity index (χ0v) is 12.0. The van der Waals surface area contributed by atoms with Crippen molar-refractivity contribution >= 4 is 0 Å². The normalized spacial score (nSPS) is 32.4. The Balaban J connectivity index is 1.58. The van der Waals surface area contributed by atoms with Crippen molar-refractivity contribution in [2.24, 2.45) is 5.73 Å². The van der Waals surface area contributed by atoms with Gasteiger partial charge in [0.25, 0.3) is 0 Å². The van der Waals surface area contributed by atoms with E-state index in [1.165, 1.54) is 44.1 Å². The van der Waals surface area contributed by atoms with Crippen LogP contribution in [0.5, 0.6) is 0 Å². The lowest BCUT2D eigenvalue weighted by molar-refractivity contribution is 0.0814. The van der Waals surface area contributed by atoms with Crippen LogP contribution in [0.3, 0.4) is 0 Å². The zero-order valence-electron chi connectivity index (χ0n) is 12.0. The van der Waals surface area contributed by atoms with E-state index in [1.54, 1.807) is 0 Å². The van der Waals surface area contributed by atoms with E-state index in [-0.39, 0.29) is 0 Å². The number of rotatable bonds is 4. The molecule has 0 aromatic heterocycles. The van der Waals surface area contributed by atoms with Crippen LogP contribution in [-0.4, -0.2) is 29.1 Å².